The Labute approximate surface area is 170 Å². The highest BCUT2D eigenvalue weighted by Gasteiger charge is 2.18. The largest absolute Gasteiger partial charge is 0.292 e. The first-order chi connectivity index (χ1) is 13.2. The summed E-state index contributed by atoms with van der Waals surface area (Å²) in [4.78, 5) is 18.0. The maximum Gasteiger partial charge on any atom is 0.191 e. The van der Waals surface area contributed by atoms with Gasteiger partial charge in [0.25, 0.3) is 0 Å². The highest BCUT2D eigenvalue weighted by molar-refractivity contribution is 7.33. The predicted molar refractivity (Wildman–Crippen MR) is 121 cm³/mol. The van der Waals surface area contributed by atoms with Crippen molar-refractivity contribution in [3.05, 3.63) is 28.6 Å². The quantitative estimate of drug-likeness (QED) is 0.477. The van der Waals surface area contributed by atoms with Gasteiger partial charge in [-0.2, -0.15) is 5.10 Å². The van der Waals surface area contributed by atoms with Crippen molar-refractivity contribution in [2.45, 2.75) is 78.1 Å². The fourth-order valence-electron chi connectivity index (χ4n) is 2.52. The van der Waals surface area contributed by atoms with E-state index < -0.39 is 0 Å². The summed E-state index contributed by atoms with van der Waals surface area (Å²) in [7, 11) is 0.674. The molecule has 0 aliphatic carbocycles. The van der Waals surface area contributed by atoms with Crippen LogP contribution in [0.3, 0.4) is 0 Å². The molecule has 0 fully saturated rings. The molecule has 1 atom stereocenters. The van der Waals surface area contributed by atoms with Gasteiger partial charge in [0.2, 0.25) is 0 Å². The third-order valence-electron chi connectivity index (χ3n) is 4.28. The molecule has 0 saturated carbocycles. The first kappa shape index (κ1) is 22.5. The molecule has 0 bridgehead atoms. The van der Waals surface area contributed by atoms with Crippen LogP contribution in [-0.2, 0) is 10.8 Å². The van der Waals surface area contributed by atoms with Crippen LogP contribution in [0.15, 0.2) is 16.2 Å². The van der Waals surface area contributed by atoms with E-state index in [1.54, 1.807) is 6.21 Å². The third kappa shape index (κ3) is 7.67. The molecule has 28 heavy (non-hydrogen) atoms. The minimum Gasteiger partial charge on any atom is -0.292 e. The van der Waals surface area contributed by atoms with E-state index in [4.69, 9.17) is 0 Å². The number of unbranched alkanes of at least 4 members (excludes halogenated alkanes) is 3. The van der Waals surface area contributed by atoms with Crippen LogP contribution in [-0.4, -0.2) is 45.7 Å². The van der Waals surface area contributed by atoms with Crippen molar-refractivity contribution in [3.63, 3.8) is 0 Å². The molecule has 1 N–H and O–H groups in total. The van der Waals surface area contributed by atoms with E-state index in [1.807, 2.05) is 12.4 Å². The molecule has 2 aromatic heterocycles. The van der Waals surface area contributed by atoms with E-state index in [1.165, 1.54) is 23.6 Å². The minimum absolute atomic E-state index is 0.0157. The van der Waals surface area contributed by atoms with Crippen LogP contribution in [0.5, 0.6) is 0 Å². The summed E-state index contributed by atoms with van der Waals surface area (Å²) < 4.78 is 0. The Morgan fingerprint density at radius 3 is 2.11 bits per heavy atom. The van der Waals surface area contributed by atoms with Gasteiger partial charge in [-0.25, -0.2) is 4.98 Å². The summed E-state index contributed by atoms with van der Waals surface area (Å²) in [5.74, 6) is 1.56. The molecule has 0 saturated heterocycles. The van der Waals surface area contributed by atoms with E-state index in [0.29, 0.717) is 14.0 Å². The van der Waals surface area contributed by atoms with Gasteiger partial charge < -0.3 is 0 Å². The Morgan fingerprint density at radius 2 is 1.57 bits per heavy atom. The Bertz CT molecular complexity index is 707. The van der Waals surface area contributed by atoms with E-state index in [-0.39, 0.29) is 10.8 Å². The van der Waals surface area contributed by atoms with Crippen molar-refractivity contribution < 1.29 is 0 Å². The zero-order chi connectivity index (χ0) is 20.6. The number of aromatic amines is 1. The summed E-state index contributed by atoms with van der Waals surface area (Å²) in [6.07, 6.45) is 10.3. The average molecular weight is 403 g/mol. The van der Waals surface area contributed by atoms with Crippen LogP contribution >= 0.6 is 8.19 Å². The number of hydrogen-bond donors (Lipinski definition) is 1. The highest BCUT2D eigenvalue weighted by Crippen LogP contribution is 2.29. The second kappa shape index (κ2) is 10.1. The number of H-pyrrole nitrogens is 1. The zero-order valence-electron chi connectivity index (χ0n) is 18.2. The highest BCUT2D eigenvalue weighted by atomic mass is 31.0. The fourth-order valence-corrected chi connectivity index (χ4v) is 3.58. The summed E-state index contributed by atoms with van der Waals surface area (Å²) >= 11 is 0. The standard InChI is InChI=1S/C21H35N6P/c1-20(2,3)18-25-17(26-27-18)15-23-12-10-8-7-9-11-22-13-16-14-24-19(28-16)21(4,5)6/h13-15,28H,7-12H2,1-6H3,(H,25,26,27). The summed E-state index contributed by atoms with van der Waals surface area (Å²) in [6, 6.07) is 0. The van der Waals surface area contributed by atoms with Crippen LogP contribution in [0.4, 0.5) is 0 Å². The normalized spacial score (nSPS) is 13.5. The lowest BCUT2D eigenvalue weighted by molar-refractivity contribution is 0.548. The molecule has 2 heterocycles. The maximum absolute atomic E-state index is 4.56. The van der Waals surface area contributed by atoms with Crippen LogP contribution in [0.2, 0.25) is 0 Å². The van der Waals surface area contributed by atoms with Crippen LogP contribution in [0, 0.1) is 0 Å². The van der Waals surface area contributed by atoms with Crippen LogP contribution in [0.1, 0.15) is 89.6 Å². The first-order valence-electron chi connectivity index (χ1n) is 10.1. The lowest BCUT2D eigenvalue weighted by Gasteiger charge is -2.14. The topological polar surface area (TPSA) is 79.2 Å². The minimum atomic E-state index is -0.0157. The van der Waals surface area contributed by atoms with Crippen molar-refractivity contribution in [2.24, 2.45) is 9.98 Å². The summed E-state index contributed by atoms with van der Waals surface area (Å²) in [5.41, 5.74) is 1.42. The van der Waals surface area contributed by atoms with Gasteiger partial charge in [0.15, 0.2) is 5.82 Å². The Morgan fingerprint density at radius 1 is 0.929 bits per heavy atom. The van der Waals surface area contributed by atoms with Gasteiger partial charge in [-0.05, 0) is 12.8 Å². The van der Waals surface area contributed by atoms with Gasteiger partial charge in [-0.15, -0.1) is 8.19 Å². The molecule has 7 heteroatoms. The number of rotatable bonds is 9. The average Bonchev–Trinajstić information content (AvgIpc) is 3.25. The van der Waals surface area contributed by atoms with Gasteiger partial charge in [0.1, 0.15) is 5.82 Å². The van der Waals surface area contributed by atoms with E-state index in [9.17, 15) is 0 Å². The number of hydrogen-bond acceptors (Lipinski definition) is 5. The molecule has 0 aliphatic rings. The van der Waals surface area contributed by atoms with Gasteiger partial charge >= 0.3 is 0 Å². The molecule has 0 radical (unpaired) electrons. The van der Waals surface area contributed by atoms with Crippen molar-refractivity contribution in [3.8, 4) is 0 Å². The smallest absolute Gasteiger partial charge is 0.191 e. The SMILES string of the molecule is CC(C)(C)c1nc(C=NCCCCCCN=Cc2cnc(C(C)(C)C)[pH]2)n[nH]1. The van der Waals surface area contributed by atoms with Crippen molar-refractivity contribution in [1.29, 1.82) is 0 Å². The number of aromatic nitrogens is 4. The number of nitrogens with zero attached hydrogens (tertiary/aromatic N) is 5. The van der Waals surface area contributed by atoms with E-state index in [0.717, 1.165) is 31.8 Å². The van der Waals surface area contributed by atoms with Crippen LogP contribution in [0.25, 0.3) is 0 Å². The van der Waals surface area contributed by atoms with E-state index >= 15 is 0 Å². The van der Waals surface area contributed by atoms with E-state index in [2.05, 4.69) is 71.7 Å². The molecule has 0 spiro atoms. The lowest BCUT2D eigenvalue weighted by Crippen LogP contribution is -2.13. The molecular formula is C21H35N6P. The molecule has 0 aliphatic heterocycles. The zero-order valence-corrected chi connectivity index (χ0v) is 19.2. The predicted octanol–water partition coefficient (Wildman–Crippen LogP) is 4.92. The van der Waals surface area contributed by atoms with Gasteiger partial charge in [0.05, 0.1) is 11.6 Å². The third-order valence-corrected chi connectivity index (χ3v) is 5.94. The molecule has 2 rings (SSSR count). The summed E-state index contributed by atoms with van der Waals surface area (Å²) in [6.45, 7) is 14.7. The lowest BCUT2D eigenvalue weighted by atomic mass is 9.96. The maximum atomic E-state index is 4.56. The molecular weight excluding hydrogens is 367 g/mol. The molecule has 6 nitrogen and oxygen atoms in total. The van der Waals surface area contributed by atoms with Gasteiger partial charge in [0, 0.05) is 41.6 Å². The molecule has 1 unspecified atom stereocenters. The van der Waals surface area contributed by atoms with Gasteiger partial charge in [-0.3, -0.25) is 20.1 Å². The number of aliphatic imine (C=N–C) groups is 2. The number of nitrogens with one attached hydrogen (secondary N) is 1. The van der Waals surface area contributed by atoms with Gasteiger partial charge in [-0.1, -0.05) is 54.4 Å². The summed E-state index contributed by atoms with van der Waals surface area (Å²) in [5, 5.41) is 8.42. The van der Waals surface area contributed by atoms with Crippen molar-refractivity contribution in [2.75, 3.05) is 13.1 Å². The second-order valence-corrected chi connectivity index (χ2v) is 10.5. The van der Waals surface area contributed by atoms with Crippen molar-refractivity contribution >= 4 is 20.6 Å². The van der Waals surface area contributed by atoms with Crippen LogP contribution < -0.4 is 0 Å². The van der Waals surface area contributed by atoms with Crippen molar-refractivity contribution in [1.82, 2.24) is 20.2 Å². The fraction of sp³-hybridized carbons (Fsp3) is 0.667. The molecule has 0 aromatic carbocycles. The molecule has 0 amide bonds. The Kier molecular flexibility index (Phi) is 8.11. The molecule has 2 aromatic rings. The monoisotopic (exact) mass is 402 g/mol. The Hall–Kier alpha value is -1.81. The first-order valence-corrected chi connectivity index (χ1v) is 11.1. The Balaban J connectivity index is 1.56. The second-order valence-electron chi connectivity index (χ2n) is 9.21. The molecule has 154 valence electrons.